The maximum atomic E-state index is 11.7. The molecule has 102 valence electrons. The number of nitrogens with zero attached hydrogens (tertiary/aromatic N) is 1. The molecule has 0 aliphatic rings. The van der Waals surface area contributed by atoms with Crippen LogP contribution in [0.2, 0.25) is 0 Å². The Morgan fingerprint density at radius 2 is 2.00 bits per heavy atom. The molecule has 0 saturated carbocycles. The van der Waals surface area contributed by atoms with Gasteiger partial charge in [0.2, 0.25) is 10.0 Å². The van der Waals surface area contributed by atoms with Crippen molar-refractivity contribution < 1.29 is 8.42 Å². The molecule has 19 heavy (non-hydrogen) atoms. The van der Waals surface area contributed by atoms with E-state index in [1.165, 1.54) is 0 Å². The molecule has 0 bridgehead atoms. The van der Waals surface area contributed by atoms with E-state index >= 15 is 0 Å². The summed E-state index contributed by atoms with van der Waals surface area (Å²) in [6, 6.07) is 7.15. The van der Waals surface area contributed by atoms with Gasteiger partial charge in [-0.1, -0.05) is 0 Å². The van der Waals surface area contributed by atoms with Crippen LogP contribution < -0.4 is 4.72 Å². The van der Waals surface area contributed by atoms with Crippen molar-refractivity contribution in [2.24, 2.45) is 0 Å². The number of hydrogen-bond donors (Lipinski definition) is 1. The Morgan fingerprint density at radius 3 is 2.58 bits per heavy atom. The minimum Gasteiger partial charge on any atom is -0.284 e. The lowest BCUT2D eigenvalue weighted by atomic mass is 10.2. The molecule has 2 rings (SSSR count). The Bertz CT molecular complexity index is 610. The number of halogens is 1. The first-order valence-electron chi connectivity index (χ1n) is 5.67. The Morgan fingerprint density at radius 1 is 1.26 bits per heavy atom. The highest BCUT2D eigenvalue weighted by Gasteiger charge is 2.09. The minimum absolute atomic E-state index is 0.0325. The van der Waals surface area contributed by atoms with E-state index in [0.717, 1.165) is 10.6 Å². The largest absolute Gasteiger partial charge is 0.284 e. The van der Waals surface area contributed by atoms with Gasteiger partial charge in [0.15, 0.2) is 0 Å². The summed E-state index contributed by atoms with van der Waals surface area (Å²) in [5.74, 6) is 0.370. The van der Waals surface area contributed by atoms with Gasteiger partial charge in [-0.3, -0.25) is 4.72 Å². The molecule has 1 N–H and O–H groups in total. The maximum absolute atomic E-state index is 11.7. The summed E-state index contributed by atoms with van der Waals surface area (Å²) in [5.41, 5.74) is 1.52. The number of aromatic nitrogens is 1. The van der Waals surface area contributed by atoms with Crippen LogP contribution in [0, 0.1) is 0 Å². The van der Waals surface area contributed by atoms with Crippen molar-refractivity contribution in [3.05, 3.63) is 35.8 Å². The summed E-state index contributed by atoms with van der Waals surface area (Å²) >= 11 is 7.03. The third kappa shape index (κ3) is 4.19. The van der Waals surface area contributed by atoms with E-state index in [1.807, 2.05) is 17.5 Å². The molecule has 0 radical (unpaired) electrons. The topological polar surface area (TPSA) is 59.1 Å². The molecule has 0 unspecified atom stereocenters. The lowest BCUT2D eigenvalue weighted by Gasteiger charge is -2.07. The highest BCUT2D eigenvalue weighted by molar-refractivity contribution is 7.92. The Labute approximate surface area is 121 Å². The normalized spacial score (nSPS) is 11.4. The standard InChI is InChI=1S/C12H13ClN2O2S2/c13-6-1-9-19(16,17)15-11-4-2-10(3-5-11)12-14-7-8-18-12/h2-5,7-8,15H,1,6,9H2. The van der Waals surface area contributed by atoms with Crippen LogP contribution in [0.15, 0.2) is 35.8 Å². The molecule has 1 aromatic heterocycles. The van der Waals surface area contributed by atoms with Crippen LogP contribution in [0.1, 0.15) is 6.42 Å². The zero-order valence-electron chi connectivity index (χ0n) is 10.0. The first kappa shape index (κ1) is 14.3. The molecule has 0 amide bonds. The number of nitrogens with one attached hydrogen (secondary N) is 1. The highest BCUT2D eigenvalue weighted by Crippen LogP contribution is 2.23. The van der Waals surface area contributed by atoms with E-state index in [1.54, 1.807) is 29.7 Å². The van der Waals surface area contributed by atoms with Gasteiger partial charge in [-0.25, -0.2) is 13.4 Å². The predicted molar refractivity (Wildman–Crippen MR) is 80.3 cm³/mol. The monoisotopic (exact) mass is 316 g/mol. The molecule has 0 fully saturated rings. The van der Waals surface area contributed by atoms with Crippen LogP contribution >= 0.6 is 22.9 Å². The third-order valence-electron chi connectivity index (χ3n) is 2.38. The predicted octanol–water partition coefficient (Wildman–Crippen LogP) is 3.18. The number of alkyl halides is 1. The number of anilines is 1. The fraction of sp³-hybridized carbons (Fsp3) is 0.250. The van der Waals surface area contributed by atoms with Crippen LogP contribution in [-0.2, 0) is 10.0 Å². The molecule has 1 heterocycles. The molecular weight excluding hydrogens is 304 g/mol. The van der Waals surface area contributed by atoms with Crippen molar-refractivity contribution in [1.82, 2.24) is 4.98 Å². The number of thiazole rings is 1. The quantitative estimate of drug-likeness (QED) is 0.833. The summed E-state index contributed by atoms with van der Waals surface area (Å²) in [6.45, 7) is 0. The van der Waals surface area contributed by atoms with Crippen molar-refractivity contribution in [2.75, 3.05) is 16.4 Å². The third-order valence-corrected chi connectivity index (χ3v) is 4.85. The summed E-state index contributed by atoms with van der Waals surface area (Å²) in [4.78, 5) is 4.20. The van der Waals surface area contributed by atoms with E-state index in [4.69, 9.17) is 11.6 Å². The summed E-state index contributed by atoms with van der Waals surface area (Å²) in [7, 11) is -3.31. The van der Waals surface area contributed by atoms with Crippen molar-refractivity contribution in [2.45, 2.75) is 6.42 Å². The minimum atomic E-state index is -3.31. The molecule has 0 saturated heterocycles. The van der Waals surface area contributed by atoms with Gasteiger partial charge < -0.3 is 0 Å². The molecule has 1 aromatic carbocycles. The second-order valence-electron chi connectivity index (χ2n) is 3.88. The second kappa shape index (κ2) is 6.36. The first-order valence-corrected chi connectivity index (χ1v) is 8.74. The fourth-order valence-corrected chi connectivity index (χ4v) is 3.58. The smallest absolute Gasteiger partial charge is 0.232 e. The van der Waals surface area contributed by atoms with E-state index < -0.39 is 10.0 Å². The van der Waals surface area contributed by atoms with E-state index in [9.17, 15) is 8.42 Å². The van der Waals surface area contributed by atoms with Gasteiger partial charge >= 0.3 is 0 Å². The zero-order valence-corrected chi connectivity index (χ0v) is 12.4. The van der Waals surface area contributed by atoms with Crippen LogP contribution in [0.3, 0.4) is 0 Å². The first-order chi connectivity index (χ1) is 9.11. The average Bonchev–Trinajstić information content (AvgIpc) is 2.91. The number of sulfonamides is 1. The van der Waals surface area contributed by atoms with Crippen LogP contribution in [0.5, 0.6) is 0 Å². The van der Waals surface area contributed by atoms with Crippen LogP contribution in [0.4, 0.5) is 5.69 Å². The molecule has 2 aromatic rings. The molecule has 4 nitrogen and oxygen atoms in total. The number of hydrogen-bond acceptors (Lipinski definition) is 4. The van der Waals surface area contributed by atoms with Gasteiger partial charge in [-0.05, 0) is 30.7 Å². The van der Waals surface area contributed by atoms with Gasteiger partial charge in [0.25, 0.3) is 0 Å². The van der Waals surface area contributed by atoms with Crippen LogP contribution in [0.25, 0.3) is 10.6 Å². The SMILES string of the molecule is O=S(=O)(CCCCl)Nc1ccc(-c2nccs2)cc1. The lowest BCUT2D eigenvalue weighted by Crippen LogP contribution is -2.16. The average molecular weight is 317 g/mol. The maximum Gasteiger partial charge on any atom is 0.232 e. The van der Waals surface area contributed by atoms with E-state index in [2.05, 4.69) is 9.71 Å². The van der Waals surface area contributed by atoms with Crippen molar-refractivity contribution in [3.63, 3.8) is 0 Å². The number of rotatable bonds is 6. The fourth-order valence-electron chi connectivity index (χ4n) is 1.52. The zero-order chi connectivity index (χ0) is 13.7. The Hall–Kier alpha value is -1.11. The molecule has 0 atom stereocenters. The Kier molecular flexibility index (Phi) is 4.79. The molecule has 0 aliphatic heterocycles. The van der Waals surface area contributed by atoms with Crippen molar-refractivity contribution >= 4 is 38.6 Å². The number of benzene rings is 1. The molecule has 0 spiro atoms. The molecule has 0 aliphatic carbocycles. The summed E-state index contributed by atoms with van der Waals surface area (Å²) in [6.07, 6.45) is 2.18. The van der Waals surface area contributed by atoms with Gasteiger partial charge in [-0.15, -0.1) is 22.9 Å². The van der Waals surface area contributed by atoms with E-state index in [-0.39, 0.29) is 5.75 Å². The van der Waals surface area contributed by atoms with Crippen molar-refractivity contribution in [1.29, 1.82) is 0 Å². The van der Waals surface area contributed by atoms with E-state index in [0.29, 0.717) is 18.0 Å². The van der Waals surface area contributed by atoms with Crippen LogP contribution in [-0.4, -0.2) is 25.0 Å². The second-order valence-corrected chi connectivity index (χ2v) is 6.99. The highest BCUT2D eigenvalue weighted by atomic mass is 35.5. The summed E-state index contributed by atoms with van der Waals surface area (Å²) in [5, 5.41) is 2.81. The Balaban J connectivity index is 2.07. The van der Waals surface area contributed by atoms with Crippen molar-refractivity contribution in [3.8, 4) is 10.6 Å². The van der Waals surface area contributed by atoms with Gasteiger partial charge in [0.1, 0.15) is 5.01 Å². The van der Waals surface area contributed by atoms with Gasteiger partial charge in [0, 0.05) is 28.7 Å². The summed E-state index contributed by atoms with van der Waals surface area (Å²) < 4.78 is 25.9. The lowest BCUT2D eigenvalue weighted by molar-refractivity contribution is 0.600. The van der Waals surface area contributed by atoms with Gasteiger partial charge in [-0.2, -0.15) is 0 Å². The van der Waals surface area contributed by atoms with Gasteiger partial charge in [0.05, 0.1) is 5.75 Å². The molecular formula is C12H13ClN2O2S2. The molecule has 7 heteroatoms.